The first-order valence-electron chi connectivity index (χ1n) is 23.7. The van der Waals surface area contributed by atoms with Crippen LogP contribution < -0.4 is 14.2 Å². The minimum Gasteiger partial charge on any atom is -0.490 e. The molecule has 580 valence electrons. The van der Waals surface area contributed by atoms with E-state index in [9.17, 15) is 229 Å². The third kappa shape index (κ3) is 13.7. The number of hydrogen-bond acceptors (Lipinski definition) is 5. The van der Waals surface area contributed by atoms with Gasteiger partial charge in [0, 0.05) is 19.3 Å². The van der Waals surface area contributed by atoms with Crippen LogP contribution in [-0.2, 0) is 4.74 Å². The molecule has 1 rings (SSSR count). The largest absolute Gasteiger partial charge is 0.490 e. The van der Waals surface area contributed by atoms with E-state index in [0.29, 0.717) is 0 Å². The third-order valence-electron chi connectivity index (χ3n) is 12.6. The van der Waals surface area contributed by atoms with Gasteiger partial charge in [0.05, 0.1) is 32.0 Å². The van der Waals surface area contributed by atoms with E-state index in [1.165, 1.54) is 0 Å². The molecule has 0 atom stereocenters. The summed E-state index contributed by atoms with van der Waals surface area (Å²) in [5.41, 5.74) is -1.60. The second-order valence-corrected chi connectivity index (χ2v) is 19.3. The minimum atomic E-state index is -9.25. The molecule has 0 aliphatic heterocycles. The summed E-state index contributed by atoms with van der Waals surface area (Å²) in [5, 5.41) is 0. The molecule has 0 aromatic heterocycles. The summed E-state index contributed by atoms with van der Waals surface area (Å²) in [6.45, 7) is -7.54. The van der Waals surface area contributed by atoms with Crippen molar-refractivity contribution in [1.82, 2.24) is 0 Å². The highest BCUT2D eigenvalue weighted by Crippen LogP contribution is 2.68. The van der Waals surface area contributed by atoms with E-state index >= 15 is 0 Å². The number of halogens is 51. The standard InChI is InChI=1S/C42H25F51O5/c1-2-95-18(94)14-12-15(96-9-3-6-19(43,44)22(49,50)25(55,56)28(61,62)31(67,68)34(73,74)37(79,80)40(85,86)87)17(98-11-5-8-21(47,48)24(53,54)27(59,60)30(65,66)33(71,72)36(77,78)39(83,84)42(91,92)93)16(13-14)97-10-4-7-20(45,46)23(51,52)26(57,58)29(63,64)32(69,70)35(75,76)38(81,82)41(88,89)90/h12-13H,2-11H2,1H3. The lowest BCUT2D eigenvalue weighted by Gasteiger charge is -2.42. The highest BCUT2D eigenvalue weighted by atomic mass is 19.5. The Morgan fingerprint density at radius 1 is 0.265 bits per heavy atom. The van der Waals surface area contributed by atoms with Crippen molar-refractivity contribution in [2.24, 2.45) is 0 Å². The fraction of sp³-hybridized carbons (Fsp3) is 0.833. The van der Waals surface area contributed by atoms with Gasteiger partial charge in [0.2, 0.25) is 5.75 Å². The number of benzene rings is 1. The van der Waals surface area contributed by atoms with Crippen LogP contribution >= 0.6 is 0 Å². The molecule has 56 heteroatoms. The van der Waals surface area contributed by atoms with Crippen molar-refractivity contribution in [2.45, 2.75) is 188 Å². The van der Waals surface area contributed by atoms with Gasteiger partial charge in [-0.15, -0.1) is 0 Å². The maximum Gasteiger partial charge on any atom is 0.460 e. The monoisotopic (exact) mass is 1580 g/mol. The summed E-state index contributed by atoms with van der Waals surface area (Å²) in [6, 6.07) is -0.601. The molecule has 1 aromatic carbocycles. The summed E-state index contributed by atoms with van der Waals surface area (Å²) >= 11 is 0. The molecule has 0 bridgehead atoms. The van der Waals surface area contributed by atoms with Crippen molar-refractivity contribution >= 4 is 5.97 Å². The molecule has 0 saturated carbocycles. The van der Waals surface area contributed by atoms with E-state index in [1.807, 2.05) is 0 Å². The average molecular weight is 1580 g/mol. The molecule has 1 aromatic rings. The fourth-order valence-corrected chi connectivity index (χ4v) is 6.75. The van der Waals surface area contributed by atoms with Crippen LogP contribution in [0.3, 0.4) is 0 Å². The molecule has 0 saturated heterocycles. The van der Waals surface area contributed by atoms with Crippen LogP contribution in [0.2, 0.25) is 0 Å². The molecular weight excluding hydrogens is 1550 g/mol. The van der Waals surface area contributed by atoms with E-state index < -0.39 is 237 Å². The van der Waals surface area contributed by atoms with Gasteiger partial charge < -0.3 is 18.9 Å². The van der Waals surface area contributed by atoms with Crippen LogP contribution in [0, 0.1) is 0 Å². The van der Waals surface area contributed by atoms with E-state index in [0.717, 1.165) is 6.92 Å². The predicted octanol–water partition coefficient (Wildman–Crippen LogP) is 20.4. The quantitative estimate of drug-likeness (QED) is 0.0385. The summed E-state index contributed by atoms with van der Waals surface area (Å²) < 4.78 is 720. The van der Waals surface area contributed by atoms with Crippen LogP contribution in [0.5, 0.6) is 17.2 Å². The minimum absolute atomic E-state index is 0.300. The highest BCUT2D eigenvalue weighted by Gasteiger charge is 2.98. The molecule has 98 heavy (non-hydrogen) atoms. The highest BCUT2D eigenvalue weighted by molar-refractivity contribution is 5.91. The number of esters is 1. The van der Waals surface area contributed by atoms with Gasteiger partial charge >= 0.3 is 149 Å². The lowest BCUT2D eigenvalue weighted by Crippen LogP contribution is -2.74. The maximum atomic E-state index is 14.7. The van der Waals surface area contributed by atoms with Crippen LogP contribution in [0.25, 0.3) is 0 Å². The molecule has 0 amide bonds. The van der Waals surface area contributed by atoms with E-state index in [2.05, 4.69) is 18.9 Å². The first-order valence-corrected chi connectivity index (χ1v) is 23.7. The number of carbonyl (C=O) groups excluding carboxylic acids is 1. The van der Waals surface area contributed by atoms with Gasteiger partial charge in [-0.1, -0.05) is 0 Å². The lowest BCUT2D eigenvalue weighted by molar-refractivity contribution is -0.461. The number of rotatable bonds is 35. The lowest BCUT2D eigenvalue weighted by atomic mass is 9.88. The van der Waals surface area contributed by atoms with Gasteiger partial charge in [-0.3, -0.25) is 0 Å². The van der Waals surface area contributed by atoms with E-state index in [-0.39, 0.29) is 12.1 Å². The van der Waals surface area contributed by atoms with Gasteiger partial charge in [0.1, 0.15) is 0 Å². The van der Waals surface area contributed by atoms with Crippen molar-refractivity contribution in [3.05, 3.63) is 17.7 Å². The Morgan fingerprint density at radius 2 is 0.439 bits per heavy atom. The second-order valence-electron chi connectivity index (χ2n) is 19.3. The summed E-state index contributed by atoms with van der Waals surface area (Å²) in [5.74, 6) is -192. The van der Waals surface area contributed by atoms with Crippen molar-refractivity contribution in [3.8, 4) is 17.2 Å². The van der Waals surface area contributed by atoms with Crippen LogP contribution in [0.4, 0.5) is 224 Å². The molecule has 0 spiro atoms. The number of alkyl halides is 51. The van der Waals surface area contributed by atoms with Crippen LogP contribution in [-0.4, -0.2) is 175 Å². The molecule has 5 nitrogen and oxygen atoms in total. The first-order chi connectivity index (χ1) is 42.4. The fourth-order valence-electron chi connectivity index (χ4n) is 6.75. The van der Waals surface area contributed by atoms with Gasteiger partial charge in [-0.25, -0.2) is 4.79 Å². The molecule has 0 heterocycles. The van der Waals surface area contributed by atoms with Crippen molar-refractivity contribution < 1.29 is 248 Å². The Balaban J connectivity index is 4.15. The van der Waals surface area contributed by atoms with Gasteiger partial charge in [0.25, 0.3) is 0 Å². The molecule has 0 unspecified atom stereocenters. The molecular formula is C42H25F51O5. The molecule has 0 N–H and O–H groups in total. The number of carbonyl (C=O) groups is 1. The van der Waals surface area contributed by atoms with E-state index in [4.69, 9.17) is 0 Å². The zero-order valence-electron chi connectivity index (χ0n) is 45.0. The Labute approximate surface area is 504 Å². The van der Waals surface area contributed by atoms with Crippen molar-refractivity contribution in [2.75, 3.05) is 26.4 Å². The smallest absolute Gasteiger partial charge is 0.460 e. The molecule has 0 aliphatic rings. The Morgan fingerprint density at radius 3 is 0.622 bits per heavy atom. The summed E-state index contributed by atoms with van der Waals surface area (Å²) in [7, 11) is 0. The van der Waals surface area contributed by atoms with Crippen molar-refractivity contribution in [1.29, 1.82) is 0 Å². The third-order valence-corrected chi connectivity index (χ3v) is 12.6. The van der Waals surface area contributed by atoms with Crippen molar-refractivity contribution in [3.63, 3.8) is 0 Å². The Hall–Kier alpha value is -5.48. The summed E-state index contributed by atoms with van der Waals surface area (Å²) in [6.07, 6.45) is -43.1. The van der Waals surface area contributed by atoms with Gasteiger partial charge in [0.15, 0.2) is 11.5 Å². The zero-order chi connectivity index (χ0) is 79.2. The van der Waals surface area contributed by atoms with Crippen LogP contribution in [0.15, 0.2) is 12.1 Å². The first kappa shape index (κ1) is 90.5. The average Bonchev–Trinajstić information content (AvgIpc) is 0.708. The van der Waals surface area contributed by atoms with Gasteiger partial charge in [-0.2, -0.15) is 224 Å². The number of ether oxygens (including phenoxy) is 4. The number of hydrogen-bond donors (Lipinski definition) is 0. The summed E-state index contributed by atoms with van der Waals surface area (Å²) in [4.78, 5) is 12.6. The molecule has 0 aliphatic carbocycles. The maximum absolute atomic E-state index is 14.7. The Kier molecular flexibility index (Phi) is 24.1. The molecule has 0 fully saturated rings. The topological polar surface area (TPSA) is 54.0 Å². The van der Waals surface area contributed by atoms with Crippen LogP contribution in [0.1, 0.15) is 55.8 Å². The molecule has 0 radical (unpaired) electrons. The second kappa shape index (κ2) is 26.1. The SMILES string of the molecule is CCOC(=O)c1cc(OCCCC(F)(F)C(F)(F)C(F)(F)C(F)(F)C(F)(F)C(F)(F)C(F)(F)C(F)(F)F)c(OCCCC(F)(F)C(F)(F)C(F)(F)C(F)(F)C(F)(F)C(F)(F)C(F)(F)C(F)(F)F)c(OCCCC(F)(F)C(F)(F)C(F)(F)C(F)(F)C(F)(F)C(F)(F)C(F)(F)C(F)(F)F)c1. The predicted molar refractivity (Wildman–Crippen MR) is 209 cm³/mol. The van der Waals surface area contributed by atoms with Gasteiger partial charge in [-0.05, 0) is 38.3 Å². The Bertz CT molecular complexity index is 2770. The van der Waals surface area contributed by atoms with E-state index in [1.54, 1.807) is 0 Å². The normalized spacial score (nSPS) is 16.0. The zero-order valence-corrected chi connectivity index (χ0v) is 45.0.